The fraction of sp³-hybridized carbons (Fsp3) is 0.143. The number of hydrogen-bond acceptors (Lipinski definition) is 2. The van der Waals surface area contributed by atoms with Crippen LogP contribution in [-0.2, 0) is 0 Å². The highest BCUT2D eigenvalue weighted by Gasteiger charge is 2.17. The van der Waals surface area contributed by atoms with Crippen LogP contribution in [0.3, 0.4) is 0 Å². The van der Waals surface area contributed by atoms with E-state index < -0.39 is 17.9 Å². The summed E-state index contributed by atoms with van der Waals surface area (Å²) in [6.45, 7) is 0. The summed E-state index contributed by atoms with van der Waals surface area (Å²) in [5.74, 6) is -0.854. The molecule has 0 bridgehead atoms. The zero-order chi connectivity index (χ0) is 10.0. The second-order valence-corrected chi connectivity index (χ2v) is 3.23. The molecule has 0 aromatic carbocycles. The molecule has 0 saturated heterocycles. The lowest BCUT2D eigenvalue weighted by Gasteiger charge is -2.03. The summed E-state index contributed by atoms with van der Waals surface area (Å²) >= 11 is 1.42. The average molecular weight is 301 g/mol. The van der Waals surface area contributed by atoms with E-state index >= 15 is 0 Å². The molecule has 0 amide bonds. The van der Waals surface area contributed by atoms with Crippen molar-refractivity contribution in [1.82, 2.24) is 4.98 Å². The number of rotatable bonds is 2. The monoisotopic (exact) mass is 301 g/mol. The second-order valence-electron chi connectivity index (χ2n) is 2.15. The predicted octanol–water partition coefficient (Wildman–Crippen LogP) is 2.58. The minimum absolute atomic E-state index is 0.227. The largest absolute Gasteiger partial charge is 0.296 e. The van der Waals surface area contributed by atoms with E-state index in [-0.39, 0.29) is 15.6 Å². The normalized spacial score (nSPS) is 10.5. The van der Waals surface area contributed by atoms with Crippen LogP contribution in [0.5, 0.6) is 0 Å². The van der Waals surface area contributed by atoms with E-state index in [0.29, 0.717) is 0 Å². The molecule has 0 N–H and O–H groups in total. The molecule has 0 unspecified atom stereocenters. The topological polar surface area (TPSA) is 30.0 Å². The Morgan fingerprint density at radius 1 is 1.54 bits per heavy atom. The lowest BCUT2D eigenvalue weighted by Crippen LogP contribution is -2.01. The lowest BCUT2D eigenvalue weighted by atomic mass is 10.3. The van der Waals surface area contributed by atoms with Crippen molar-refractivity contribution in [2.24, 2.45) is 0 Å². The zero-order valence-electron chi connectivity index (χ0n) is 6.10. The first-order chi connectivity index (χ1) is 6.06. The van der Waals surface area contributed by atoms with Crippen molar-refractivity contribution in [3.05, 3.63) is 26.8 Å². The minimum Gasteiger partial charge on any atom is -0.296 e. The number of carbonyl (C=O) groups excluding carboxylic acids is 1. The van der Waals surface area contributed by atoms with E-state index in [1.165, 1.54) is 22.6 Å². The number of halogens is 4. The zero-order valence-corrected chi connectivity index (χ0v) is 8.26. The molecule has 13 heavy (non-hydrogen) atoms. The molecule has 0 aliphatic heterocycles. The Balaban J connectivity index is 3.32. The number of nitrogens with zero attached hydrogens (tertiary/aromatic N) is 1. The van der Waals surface area contributed by atoms with Crippen LogP contribution in [-0.4, -0.2) is 11.3 Å². The van der Waals surface area contributed by atoms with Gasteiger partial charge in [-0.3, -0.25) is 4.79 Å². The third-order valence-electron chi connectivity index (χ3n) is 1.29. The van der Waals surface area contributed by atoms with Gasteiger partial charge in [0.25, 0.3) is 6.43 Å². The Bertz CT molecular complexity index is 343. The molecule has 6 heteroatoms. The van der Waals surface area contributed by atoms with Gasteiger partial charge in [0.1, 0.15) is 17.2 Å². The van der Waals surface area contributed by atoms with Crippen LogP contribution in [0.1, 0.15) is 22.6 Å². The Morgan fingerprint density at radius 3 is 2.62 bits per heavy atom. The molecule has 0 saturated carbocycles. The molecule has 0 atom stereocenters. The maximum absolute atomic E-state index is 12.8. The number of alkyl halides is 2. The van der Waals surface area contributed by atoms with Gasteiger partial charge < -0.3 is 0 Å². The van der Waals surface area contributed by atoms with Gasteiger partial charge in [-0.05, 0) is 22.6 Å². The van der Waals surface area contributed by atoms with Gasteiger partial charge in [0.2, 0.25) is 0 Å². The molecule has 0 spiro atoms. The van der Waals surface area contributed by atoms with Crippen LogP contribution >= 0.6 is 22.6 Å². The summed E-state index contributed by atoms with van der Waals surface area (Å²) in [6.07, 6.45) is -2.65. The van der Waals surface area contributed by atoms with Crippen LogP contribution < -0.4 is 0 Å². The van der Waals surface area contributed by atoms with Gasteiger partial charge in [0.15, 0.2) is 6.29 Å². The third kappa shape index (κ3) is 2.17. The molecule has 2 nitrogen and oxygen atoms in total. The Kier molecular flexibility index (Phi) is 3.23. The van der Waals surface area contributed by atoms with Crippen LogP contribution in [0, 0.1) is 9.39 Å². The molecule has 0 radical (unpaired) electrons. The minimum atomic E-state index is -2.87. The molecule has 1 rings (SSSR count). The van der Waals surface area contributed by atoms with Crippen molar-refractivity contribution < 1.29 is 18.0 Å². The molecule has 1 aromatic heterocycles. The van der Waals surface area contributed by atoms with Gasteiger partial charge in [0, 0.05) is 6.07 Å². The first kappa shape index (κ1) is 10.4. The molecule has 70 valence electrons. The number of hydrogen-bond donors (Lipinski definition) is 0. The van der Waals surface area contributed by atoms with E-state index in [1.54, 1.807) is 0 Å². The van der Waals surface area contributed by atoms with E-state index in [9.17, 15) is 18.0 Å². The second kappa shape index (κ2) is 4.03. The van der Waals surface area contributed by atoms with Crippen molar-refractivity contribution >= 4 is 28.9 Å². The quantitative estimate of drug-likeness (QED) is 0.621. The highest BCUT2D eigenvalue weighted by atomic mass is 127. The Hall–Kier alpha value is -0.660. The fourth-order valence-electron chi connectivity index (χ4n) is 0.741. The highest BCUT2D eigenvalue weighted by molar-refractivity contribution is 14.1. The molecule has 0 aliphatic rings. The van der Waals surface area contributed by atoms with Crippen molar-refractivity contribution in [2.45, 2.75) is 6.43 Å². The van der Waals surface area contributed by atoms with E-state index in [0.717, 1.165) is 6.07 Å². The first-order valence-corrected chi connectivity index (χ1v) is 4.23. The van der Waals surface area contributed by atoms with Crippen molar-refractivity contribution in [2.75, 3.05) is 0 Å². The number of aldehydes is 1. The fourth-order valence-corrected chi connectivity index (χ4v) is 1.25. The van der Waals surface area contributed by atoms with E-state index in [4.69, 9.17) is 0 Å². The van der Waals surface area contributed by atoms with Gasteiger partial charge >= 0.3 is 0 Å². The maximum Gasteiger partial charge on any atom is 0.281 e. The Morgan fingerprint density at radius 2 is 2.15 bits per heavy atom. The molecular weight excluding hydrogens is 298 g/mol. The lowest BCUT2D eigenvalue weighted by molar-refractivity contribution is 0.111. The summed E-state index contributed by atoms with van der Waals surface area (Å²) < 4.78 is 36.9. The molecule has 1 aromatic rings. The van der Waals surface area contributed by atoms with Crippen LogP contribution in [0.25, 0.3) is 0 Å². The average Bonchev–Trinajstić information content (AvgIpc) is 2.09. The van der Waals surface area contributed by atoms with Gasteiger partial charge in [0.05, 0.1) is 3.57 Å². The number of carbonyl (C=O) groups is 1. The van der Waals surface area contributed by atoms with Gasteiger partial charge in [-0.1, -0.05) is 0 Å². The highest BCUT2D eigenvalue weighted by Crippen LogP contribution is 2.24. The number of aromatic nitrogens is 1. The summed E-state index contributed by atoms with van der Waals surface area (Å²) in [6, 6.07) is 0.820. The summed E-state index contributed by atoms with van der Waals surface area (Å²) in [5.41, 5.74) is -1.02. The van der Waals surface area contributed by atoms with Crippen molar-refractivity contribution in [1.29, 1.82) is 0 Å². The van der Waals surface area contributed by atoms with Crippen molar-refractivity contribution in [3.8, 4) is 0 Å². The SMILES string of the molecule is O=Cc1cc(F)c(I)c(C(F)F)n1. The van der Waals surface area contributed by atoms with E-state index in [1.807, 2.05) is 0 Å². The van der Waals surface area contributed by atoms with Gasteiger partial charge in [-0.25, -0.2) is 18.2 Å². The first-order valence-electron chi connectivity index (χ1n) is 3.15. The van der Waals surface area contributed by atoms with Crippen LogP contribution in [0.15, 0.2) is 6.07 Å². The molecule has 0 aliphatic carbocycles. The van der Waals surface area contributed by atoms with Crippen LogP contribution in [0.2, 0.25) is 0 Å². The number of pyridine rings is 1. The van der Waals surface area contributed by atoms with E-state index in [2.05, 4.69) is 4.98 Å². The van der Waals surface area contributed by atoms with Crippen molar-refractivity contribution in [3.63, 3.8) is 0 Å². The smallest absolute Gasteiger partial charge is 0.281 e. The van der Waals surface area contributed by atoms with Crippen LogP contribution in [0.4, 0.5) is 13.2 Å². The predicted molar refractivity (Wildman–Crippen MR) is 47.3 cm³/mol. The molecular formula is C7H3F3INO. The maximum atomic E-state index is 12.8. The summed E-state index contributed by atoms with van der Waals surface area (Å²) in [7, 11) is 0. The van der Waals surface area contributed by atoms with Gasteiger partial charge in [-0.15, -0.1) is 0 Å². The molecule has 0 fully saturated rings. The standard InChI is InChI=1S/C7H3F3INO/c8-4-1-3(2-13)12-6(5(4)11)7(9)10/h1-2,7H. The molecule has 1 heterocycles. The Labute approximate surface area is 85.3 Å². The summed E-state index contributed by atoms with van der Waals surface area (Å²) in [4.78, 5) is 13.5. The van der Waals surface area contributed by atoms with Gasteiger partial charge in [-0.2, -0.15) is 0 Å². The third-order valence-corrected chi connectivity index (χ3v) is 2.35. The summed E-state index contributed by atoms with van der Waals surface area (Å²) in [5, 5.41) is 0.